The van der Waals surface area contributed by atoms with Gasteiger partial charge in [0.25, 0.3) is 0 Å². The molecule has 3 rings (SSSR count). The van der Waals surface area contributed by atoms with E-state index in [0.717, 1.165) is 22.5 Å². The highest BCUT2D eigenvalue weighted by Gasteiger charge is 2.22. The number of nitrogens with zero attached hydrogens (tertiary/aromatic N) is 4. The molecule has 1 aliphatic heterocycles. The number of benzene rings is 1. The van der Waals surface area contributed by atoms with Crippen LogP contribution in [0.15, 0.2) is 29.3 Å². The third-order valence-corrected chi connectivity index (χ3v) is 6.19. The number of aromatic nitrogens is 1. The molecule has 0 saturated carbocycles. The Morgan fingerprint density at radius 3 is 2.39 bits per heavy atom. The minimum Gasteiger partial charge on any atom is -0.368 e. The summed E-state index contributed by atoms with van der Waals surface area (Å²) >= 11 is 1.33. The molecule has 0 radical (unpaired) electrons. The van der Waals surface area contributed by atoms with Gasteiger partial charge in [-0.05, 0) is 56.2 Å². The van der Waals surface area contributed by atoms with Crippen molar-refractivity contribution in [2.75, 3.05) is 36.8 Å². The van der Waals surface area contributed by atoms with Crippen molar-refractivity contribution >= 4 is 23.4 Å². The Morgan fingerprint density at radius 2 is 1.79 bits per heavy atom. The molecule has 0 spiro atoms. The minimum atomic E-state index is -0.249. The van der Waals surface area contributed by atoms with Gasteiger partial charge in [-0.25, -0.2) is 9.37 Å². The number of thioether (sulfide) groups is 1. The quantitative estimate of drug-likeness (QED) is 0.738. The molecule has 2 heterocycles. The number of rotatable bonds is 4. The van der Waals surface area contributed by atoms with Crippen molar-refractivity contribution < 1.29 is 9.18 Å². The van der Waals surface area contributed by atoms with Crippen LogP contribution in [0.4, 0.5) is 10.1 Å². The molecule has 0 unspecified atom stereocenters. The largest absolute Gasteiger partial charge is 0.368 e. The van der Waals surface area contributed by atoms with E-state index in [0.29, 0.717) is 36.8 Å². The van der Waals surface area contributed by atoms with Crippen molar-refractivity contribution in [1.82, 2.24) is 9.88 Å². The molecule has 1 aromatic heterocycles. The molecule has 1 saturated heterocycles. The summed E-state index contributed by atoms with van der Waals surface area (Å²) in [6, 6.07) is 8.66. The lowest BCUT2D eigenvalue weighted by Crippen LogP contribution is -2.49. The Morgan fingerprint density at radius 1 is 1.14 bits per heavy atom. The highest BCUT2D eigenvalue weighted by molar-refractivity contribution is 8.00. The summed E-state index contributed by atoms with van der Waals surface area (Å²) in [6.45, 7) is 8.48. The molecule has 7 heteroatoms. The van der Waals surface area contributed by atoms with Gasteiger partial charge in [-0.2, -0.15) is 5.26 Å². The van der Waals surface area contributed by atoms with Crippen molar-refractivity contribution in [3.8, 4) is 6.07 Å². The van der Waals surface area contributed by atoms with E-state index in [9.17, 15) is 14.4 Å². The fraction of sp³-hybridized carbons (Fsp3) is 0.381. The summed E-state index contributed by atoms with van der Waals surface area (Å²) in [5.41, 5.74) is 4.36. The molecule has 1 aliphatic rings. The molecule has 146 valence electrons. The zero-order chi connectivity index (χ0) is 20.3. The van der Waals surface area contributed by atoms with Crippen LogP contribution in [-0.2, 0) is 4.79 Å². The zero-order valence-electron chi connectivity index (χ0n) is 16.3. The predicted octanol–water partition coefficient (Wildman–Crippen LogP) is 3.46. The van der Waals surface area contributed by atoms with Crippen molar-refractivity contribution in [1.29, 1.82) is 5.26 Å². The molecule has 1 aromatic carbocycles. The molecule has 2 aromatic rings. The highest BCUT2D eigenvalue weighted by Crippen LogP contribution is 2.27. The van der Waals surface area contributed by atoms with Crippen LogP contribution in [0.2, 0.25) is 0 Å². The Bertz CT molecular complexity index is 915. The molecule has 1 amide bonds. The van der Waals surface area contributed by atoms with Crippen LogP contribution in [0.5, 0.6) is 0 Å². The Balaban J connectivity index is 1.58. The number of carbonyl (C=O) groups excluding carboxylic acids is 1. The second-order valence-corrected chi connectivity index (χ2v) is 7.84. The number of hydrogen-bond donors (Lipinski definition) is 0. The first-order valence-electron chi connectivity index (χ1n) is 9.19. The van der Waals surface area contributed by atoms with Gasteiger partial charge in [0, 0.05) is 37.6 Å². The van der Waals surface area contributed by atoms with Crippen molar-refractivity contribution in [3.05, 3.63) is 52.5 Å². The topological polar surface area (TPSA) is 60.2 Å². The number of amides is 1. The minimum absolute atomic E-state index is 0.0466. The van der Waals surface area contributed by atoms with Gasteiger partial charge in [-0.1, -0.05) is 11.8 Å². The number of piperazine rings is 1. The number of carbonyl (C=O) groups is 1. The fourth-order valence-corrected chi connectivity index (χ4v) is 4.22. The average Bonchev–Trinajstić information content (AvgIpc) is 2.71. The van der Waals surface area contributed by atoms with E-state index in [1.54, 1.807) is 12.1 Å². The monoisotopic (exact) mass is 398 g/mol. The van der Waals surface area contributed by atoms with Gasteiger partial charge in [0.15, 0.2) is 0 Å². The lowest BCUT2D eigenvalue weighted by atomic mass is 10.1. The maximum Gasteiger partial charge on any atom is 0.233 e. The first-order valence-corrected chi connectivity index (χ1v) is 10.2. The maximum atomic E-state index is 13.1. The molecule has 0 atom stereocenters. The van der Waals surface area contributed by atoms with Crippen LogP contribution in [-0.4, -0.2) is 47.7 Å². The van der Waals surface area contributed by atoms with Gasteiger partial charge >= 0.3 is 0 Å². The van der Waals surface area contributed by atoms with Gasteiger partial charge < -0.3 is 9.80 Å². The molecule has 5 nitrogen and oxygen atoms in total. The number of halogens is 1. The third-order valence-electron chi connectivity index (χ3n) is 5.23. The van der Waals surface area contributed by atoms with E-state index in [1.165, 1.54) is 23.9 Å². The molecular formula is C21H23FN4OS. The van der Waals surface area contributed by atoms with Crippen molar-refractivity contribution in [2.45, 2.75) is 25.8 Å². The van der Waals surface area contributed by atoms with Crippen molar-refractivity contribution in [2.24, 2.45) is 0 Å². The summed E-state index contributed by atoms with van der Waals surface area (Å²) < 4.78 is 13.1. The lowest BCUT2D eigenvalue weighted by molar-refractivity contribution is -0.128. The summed E-state index contributed by atoms with van der Waals surface area (Å²) in [5, 5.41) is 10.1. The maximum absolute atomic E-state index is 13.1. The molecule has 28 heavy (non-hydrogen) atoms. The van der Waals surface area contributed by atoms with Crippen LogP contribution in [0.3, 0.4) is 0 Å². The fourth-order valence-electron chi connectivity index (χ4n) is 3.23. The van der Waals surface area contributed by atoms with E-state index in [1.807, 2.05) is 25.7 Å². The Labute approximate surface area is 169 Å². The van der Waals surface area contributed by atoms with E-state index < -0.39 is 0 Å². The van der Waals surface area contributed by atoms with E-state index in [-0.39, 0.29) is 17.5 Å². The van der Waals surface area contributed by atoms with Crippen molar-refractivity contribution in [3.63, 3.8) is 0 Å². The van der Waals surface area contributed by atoms with E-state index >= 15 is 0 Å². The second-order valence-electron chi connectivity index (χ2n) is 6.87. The molecule has 1 fully saturated rings. The smallest absolute Gasteiger partial charge is 0.233 e. The van der Waals surface area contributed by atoms with Gasteiger partial charge in [0.05, 0.1) is 11.3 Å². The number of nitriles is 1. The first-order chi connectivity index (χ1) is 13.4. The molecule has 0 bridgehead atoms. The third kappa shape index (κ3) is 4.28. The van der Waals surface area contributed by atoms with Crippen LogP contribution in [0.25, 0.3) is 0 Å². The van der Waals surface area contributed by atoms with Gasteiger partial charge in [-0.3, -0.25) is 4.79 Å². The summed E-state index contributed by atoms with van der Waals surface area (Å²) in [6.07, 6.45) is 0. The second kappa shape index (κ2) is 8.61. The molecule has 0 aliphatic carbocycles. The molecular weight excluding hydrogens is 375 g/mol. The Kier molecular flexibility index (Phi) is 6.20. The summed E-state index contributed by atoms with van der Waals surface area (Å²) in [4.78, 5) is 21.1. The zero-order valence-corrected chi connectivity index (χ0v) is 17.1. The average molecular weight is 399 g/mol. The lowest BCUT2D eigenvalue weighted by Gasteiger charge is -2.36. The Hall–Kier alpha value is -2.59. The van der Waals surface area contributed by atoms with E-state index in [4.69, 9.17) is 0 Å². The van der Waals surface area contributed by atoms with Gasteiger partial charge in [0.2, 0.25) is 5.91 Å². The van der Waals surface area contributed by atoms with Gasteiger partial charge in [-0.15, -0.1) is 0 Å². The number of hydrogen-bond acceptors (Lipinski definition) is 5. The number of anilines is 1. The molecule has 0 N–H and O–H groups in total. The standard InChI is InChI=1S/C21H23FN4OS/c1-14-15(2)19(12-23)21(24-16(14)3)28-13-20(27)26-10-8-25(9-11-26)18-6-4-17(22)5-7-18/h4-7H,8-11,13H2,1-3H3. The SMILES string of the molecule is Cc1nc(SCC(=O)N2CCN(c3ccc(F)cc3)CC2)c(C#N)c(C)c1C. The van der Waals surface area contributed by atoms with Crippen LogP contribution >= 0.6 is 11.8 Å². The summed E-state index contributed by atoms with van der Waals surface area (Å²) in [7, 11) is 0. The number of aryl methyl sites for hydroxylation is 1. The van der Waals surface area contributed by atoms with Gasteiger partial charge in [0.1, 0.15) is 16.9 Å². The van der Waals surface area contributed by atoms with Crippen LogP contribution in [0, 0.1) is 37.9 Å². The number of pyridine rings is 1. The normalized spacial score (nSPS) is 14.1. The first kappa shape index (κ1) is 20.2. The van der Waals surface area contributed by atoms with Crippen LogP contribution in [0.1, 0.15) is 22.4 Å². The highest BCUT2D eigenvalue weighted by atomic mass is 32.2. The van der Waals surface area contributed by atoms with Crippen LogP contribution < -0.4 is 4.90 Å². The van der Waals surface area contributed by atoms with E-state index in [2.05, 4.69) is 16.0 Å². The summed E-state index contributed by atoms with van der Waals surface area (Å²) in [5.74, 6) is 0.0621. The predicted molar refractivity (Wildman–Crippen MR) is 109 cm³/mol.